The van der Waals surface area contributed by atoms with Crippen LogP contribution in [0.15, 0.2) is 18.6 Å². The van der Waals surface area contributed by atoms with Gasteiger partial charge in [0.05, 0.1) is 17.4 Å². The Kier molecular flexibility index (Phi) is 3.14. The van der Waals surface area contributed by atoms with Gasteiger partial charge in [-0.1, -0.05) is 13.3 Å². The maximum atomic E-state index is 11.7. The lowest BCUT2D eigenvalue weighted by atomic mass is 10.2. The SMILES string of the molecule is CCCCNC(=O)c1cnc2nc[nH]c2c1. The van der Waals surface area contributed by atoms with Crippen LogP contribution in [0.5, 0.6) is 0 Å². The van der Waals surface area contributed by atoms with Gasteiger partial charge in [0.1, 0.15) is 0 Å². The van der Waals surface area contributed by atoms with Gasteiger partial charge < -0.3 is 10.3 Å². The van der Waals surface area contributed by atoms with Gasteiger partial charge in [-0.15, -0.1) is 0 Å². The van der Waals surface area contributed by atoms with Crippen molar-refractivity contribution in [2.75, 3.05) is 6.54 Å². The minimum atomic E-state index is -0.0857. The predicted molar refractivity (Wildman–Crippen MR) is 61.1 cm³/mol. The van der Waals surface area contributed by atoms with Crippen LogP contribution in [0.1, 0.15) is 30.1 Å². The molecule has 16 heavy (non-hydrogen) atoms. The van der Waals surface area contributed by atoms with Crippen molar-refractivity contribution in [3.05, 3.63) is 24.2 Å². The molecule has 0 saturated heterocycles. The third-order valence-corrected chi connectivity index (χ3v) is 2.35. The molecule has 2 N–H and O–H groups in total. The molecule has 1 amide bonds. The van der Waals surface area contributed by atoms with Crippen molar-refractivity contribution in [3.8, 4) is 0 Å². The quantitative estimate of drug-likeness (QED) is 0.764. The number of hydrogen-bond donors (Lipinski definition) is 2. The molecule has 0 radical (unpaired) electrons. The summed E-state index contributed by atoms with van der Waals surface area (Å²) in [5.74, 6) is -0.0857. The molecule has 2 heterocycles. The summed E-state index contributed by atoms with van der Waals surface area (Å²) in [4.78, 5) is 22.7. The highest BCUT2D eigenvalue weighted by Crippen LogP contribution is 2.07. The van der Waals surface area contributed by atoms with E-state index in [9.17, 15) is 4.79 Å². The highest BCUT2D eigenvalue weighted by Gasteiger charge is 2.07. The molecule has 2 aromatic rings. The van der Waals surface area contributed by atoms with Crippen LogP contribution in [-0.4, -0.2) is 27.4 Å². The average Bonchev–Trinajstić information content (AvgIpc) is 2.76. The average molecular weight is 218 g/mol. The number of carbonyl (C=O) groups excluding carboxylic acids is 1. The Balaban J connectivity index is 2.10. The summed E-state index contributed by atoms with van der Waals surface area (Å²) in [6.07, 6.45) is 5.17. The second-order valence-electron chi connectivity index (χ2n) is 3.61. The molecule has 84 valence electrons. The second-order valence-corrected chi connectivity index (χ2v) is 3.61. The number of nitrogens with one attached hydrogen (secondary N) is 2. The molecule has 5 heteroatoms. The smallest absolute Gasteiger partial charge is 0.252 e. The van der Waals surface area contributed by atoms with Gasteiger partial charge in [-0.05, 0) is 12.5 Å². The number of aromatic nitrogens is 3. The van der Waals surface area contributed by atoms with E-state index in [1.54, 1.807) is 18.6 Å². The predicted octanol–water partition coefficient (Wildman–Crippen LogP) is 1.49. The minimum absolute atomic E-state index is 0.0857. The Bertz CT molecular complexity index is 491. The van der Waals surface area contributed by atoms with E-state index in [1.807, 2.05) is 0 Å². The number of aromatic amines is 1. The number of amides is 1. The van der Waals surface area contributed by atoms with Gasteiger partial charge in [0.25, 0.3) is 5.91 Å². The third kappa shape index (κ3) is 2.18. The summed E-state index contributed by atoms with van der Waals surface area (Å²) < 4.78 is 0. The van der Waals surface area contributed by atoms with E-state index >= 15 is 0 Å². The fourth-order valence-corrected chi connectivity index (χ4v) is 1.43. The molecule has 0 aliphatic heterocycles. The van der Waals surface area contributed by atoms with E-state index in [0.29, 0.717) is 17.8 Å². The van der Waals surface area contributed by atoms with E-state index in [-0.39, 0.29) is 5.91 Å². The zero-order chi connectivity index (χ0) is 11.4. The molecule has 0 spiro atoms. The van der Waals surface area contributed by atoms with E-state index in [1.165, 1.54) is 0 Å². The summed E-state index contributed by atoms with van der Waals surface area (Å²) >= 11 is 0. The van der Waals surface area contributed by atoms with Crippen LogP contribution in [-0.2, 0) is 0 Å². The highest BCUT2D eigenvalue weighted by atomic mass is 16.1. The van der Waals surface area contributed by atoms with Crippen LogP contribution in [0.3, 0.4) is 0 Å². The molecule has 2 rings (SSSR count). The first-order valence-corrected chi connectivity index (χ1v) is 5.38. The number of imidazole rings is 1. The highest BCUT2D eigenvalue weighted by molar-refractivity contribution is 5.96. The van der Waals surface area contributed by atoms with Crippen molar-refractivity contribution in [2.45, 2.75) is 19.8 Å². The van der Waals surface area contributed by atoms with Crippen LogP contribution in [0.2, 0.25) is 0 Å². The van der Waals surface area contributed by atoms with Crippen molar-refractivity contribution in [1.82, 2.24) is 20.3 Å². The zero-order valence-corrected chi connectivity index (χ0v) is 9.16. The first-order valence-electron chi connectivity index (χ1n) is 5.38. The van der Waals surface area contributed by atoms with Gasteiger partial charge in [-0.25, -0.2) is 9.97 Å². The van der Waals surface area contributed by atoms with Crippen LogP contribution in [0.25, 0.3) is 11.2 Å². The van der Waals surface area contributed by atoms with Crippen LogP contribution >= 0.6 is 0 Å². The standard InChI is InChI=1S/C11H14N4O/c1-2-3-4-12-11(16)8-5-9-10(13-6-8)15-7-14-9/h5-7H,2-4H2,1H3,(H,12,16)(H,13,14,15). The first kappa shape index (κ1) is 10.6. The van der Waals surface area contributed by atoms with Gasteiger partial charge in [0.2, 0.25) is 0 Å². The lowest BCUT2D eigenvalue weighted by Crippen LogP contribution is -2.24. The number of rotatable bonds is 4. The van der Waals surface area contributed by atoms with Crippen molar-refractivity contribution >= 4 is 17.1 Å². The van der Waals surface area contributed by atoms with Gasteiger partial charge in [-0.2, -0.15) is 0 Å². The van der Waals surface area contributed by atoms with Gasteiger partial charge in [0, 0.05) is 12.7 Å². The molecule has 5 nitrogen and oxygen atoms in total. The summed E-state index contributed by atoms with van der Waals surface area (Å²) in [5.41, 5.74) is 1.97. The summed E-state index contributed by atoms with van der Waals surface area (Å²) in [7, 11) is 0. The Morgan fingerprint density at radius 3 is 3.19 bits per heavy atom. The number of H-pyrrole nitrogens is 1. The van der Waals surface area contributed by atoms with E-state index in [4.69, 9.17) is 0 Å². The van der Waals surface area contributed by atoms with Crippen LogP contribution in [0, 0.1) is 0 Å². The Labute approximate surface area is 93.3 Å². The van der Waals surface area contributed by atoms with Crippen molar-refractivity contribution in [3.63, 3.8) is 0 Å². The number of carbonyl (C=O) groups is 1. The maximum absolute atomic E-state index is 11.7. The minimum Gasteiger partial charge on any atom is -0.352 e. The van der Waals surface area contributed by atoms with Crippen LogP contribution < -0.4 is 5.32 Å². The number of nitrogens with zero attached hydrogens (tertiary/aromatic N) is 2. The second kappa shape index (κ2) is 4.74. The van der Waals surface area contributed by atoms with E-state index < -0.39 is 0 Å². The molecule has 0 unspecified atom stereocenters. The largest absolute Gasteiger partial charge is 0.352 e. The summed E-state index contributed by atoms with van der Waals surface area (Å²) in [5, 5.41) is 2.84. The Hall–Kier alpha value is -1.91. The number of hydrogen-bond acceptors (Lipinski definition) is 3. The number of fused-ring (bicyclic) bond motifs is 1. The Morgan fingerprint density at radius 2 is 2.38 bits per heavy atom. The van der Waals surface area contributed by atoms with E-state index in [0.717, 1.165) is 18.4 Å². The number of unbranched alkanes of at least 4 members (excludes halogenated alkanes) is 1. The first-order chi connectivity index (χ1) is 7.81. The molecule has 0 atom stereocenters. The fourth-order valence-electron chi connectivity index (χ4n) is 1.43. The summed E-state index contributed by atoms with van der Waals surface area (Å²) in [6.45, 7) is 2.79. The lowest BCUT2D eigenvalue weighted by Gasteiger charge is -2.03. The van der Waals surface area contributed by atoms with Crippen molar-refractivity contribution < 1.29 is 4.79 Å². The molecular formula is C11H14N4O. The molecule has 2 aromatic heterocycles. The van der Waals surface area contributed by atoms with Crippen molar-refractivity contribution in [1.29, 1.82) is 0 Å². The summed E-state index contributed by atoms with van der Waals surface area (Å²) in [6, 6.07) is 1.76. The third-order valence-electron chi connectivity index (χ3n) is 2.35. The maximum Gasteiger partial charge on any atom is 0.252 e. The van der Waals surface area contributed by atoms with E-state index in [2.05, 4.69) is 27.2 Å². The fraction of sp³-hybridized carbons (Fsp3) is 0.364. The zero-order valence-electron chi connectivity index (χ0n) is 9.16. The Morgan fingerprint density at radius 1 is 1.50 bits per heavy atom. The molecule has 0 aliphatic rings. The molecule has 0 aliphatic carbocycles. The topological polar surface area (TPSA) is 70.7 Å². The van der Waals surface area contributed by atoms with Gasteiger partial charge in [-0.3, -0.25) is 4.79 Å². The van der Waals surface area contributed by atoms with Gasteiger partial charge >= 0.3 is 0 Å². The van der Waals surface area contributed by atoms with Crippen LogP contribution in [0.4, 0.5) is 0 Å². The lowest BCUT2D eigenvalue weighted by molar-refractivity contribution is 0.0953. The van der Waals surface area contributed by atoms with Gasteiger partial charge in [0.15, 0.2) is 5.65 Å². The number of pyridine rings is 1. The van der Waals surface area contributed by atoms with Crippen molar-refractivity contribution in [2.24, 2.45) is 0 Å². The monoisotopic (exact) mass is 218 g/mol. The molecule has 0 fully saturated rings. The molecular weight excluding hydrogens is 204 g/mol. The molecule has 0 aromatic carbocycles. The normalized spacial score (nSPS) is 10.6. The molecule has 0 bridgehead atoms. The molecule has 0 saturated carbocycles.